The number of hydrogen-bond acceptors (Lipinski definition) is 4. The van der Waals surface area contributed by atoms with Gasteiger partial charge < -0.3 is 14.9 Å². The number of likely N-dealkylation sites (tertiary alicyclic amines) is 2. The molecule has 2 atom stereocenters. The molecule has 0 radical (unpaired) electrons. The maximum Gasteiger partial charge on any atom is 0.416 e. The van der Waals surface area contributed by atoms with E-state index in [0.29, 0.717) is 50.3 Å². The van der Waals surface area contributed by atoms with Crippen molar-refractivity contribution in [2.24, 2.45) is 0 Å². The van der Waals surface area contributed by atoms with Crippen LogP contribution in [0.15, 0.2) is 36.4 Å². The molecular formula is C30H34F7N3O3. The van der Waals surface area contributed by atoms with Crippen LogP contribution in [0.1, 0.15) is 54.0 Å². The van der Waals surface area contributed by atoms with Crippen LogP contribution in [-0.4, -0.2) is 83.5 Å². The van der Waals surface area contributed by atoms with E-state index in [0.717, 1.165) is 5.56 Å². The Hall–Kier alpha value is -3.19. The van der Waals surface area contributed by atoms with Crippen molar-refractivity contribution in [3.05, 3.63) is 70.0 Å². The molecule has 2 aromatic carbocycles. The number of carbonyl (C=O) groups is 2. The average molecular weight is 618 g/mol. The average Bonchev–Trinajstić information content (AvgIpc) is 2.90. The van der Waals surface area contributed by atoms with Crippen molar-refractivity contribution in [2.75, 3.05) is 39.8 Å². The summed E-state index contributed by atoms with van der Waals surface area (Å²) in [4.78, 5) is 30.8. The highest BCUT2D eigenvalue weighted by Crippen LogP contribution is 2.41. The van der Waals surface area contributed by atoms with E-state index in [1.165, 1.54) is 42.8 Å². The van der Waals surface area contributed by atoms with Gasteiger partial charge in [0.1, 0.15) is 12.4 Å². The second-order valence-corrected chi connectivity index (χ2v) is 11.9. The maximum absolute atomic E-state index is 14.0. The van der Waals surface area contributed by atoms with Crippen LogP contribution in [0.2, 0.25) is 0 Å². The van der Waals surface area contributed by atoms with Crippen molar-refractivity contribution < 1.29 is 45.4 Å². The first-order valence-electron chi connectivity index (χ1n) is 13.8. The third-order valence-electron chi connectivity index (χ3n) is 8.77. The molecule has 13 heteroatoms. The molecule has 0 aromatic heterocycles. The number of rotatable bonds is 6. The van der Waals surface area contributed by atoms with Crippen LogP contribution >= 0.6 is 0 Å². The van der Waals surface area contributed by atoms with Gasteiger partial charge in [-0.2, -0.15) is 26.3 Å². The van der Waals surface area contributed by atoms with Gasteiger partial charge in [0.2, 0.25) is 11.8 Å². The smallest absolute Gasteiger partial charge is 0.387 e. The van der Waals surface area contributed by atoms with Crippen LogP contribution in [0.25, 0.3) is 0 Å². The van der Waals surface area contributed by atoms with Gasteiger partial charge in [0.25, 0.3) is 0 Å². The Morgan fingerprint density at radius 1 is 0.930 bits per heavy atom. The topological polar surface area (TPSA) is 64.1 Å². The number of aliphatic hydroxyl groups is 1. The number of likely N-dealkylation sites (N-methyl/N-ethyl adjacent to an activating group) is 1. The van der Waals surface area contributed by atoms with Crippen molar-refractivity contribution in [3.8, 4) is 0 Å². The number of carbonyl (C=O) groups excluding carboxylic acids is 2. The predicted octanol–water partition coefficient (Wildman–Crippen LogP) is 4.97. The predicted molar refractivity (Wildman–Crippen MR) is 144 cm³/mol. The van der Waals surface area contributed by atoms with Crippen LogP contribution in [0.4, 0.5) is 30.7 Å². The van der Waals surface area contributed by atoms with E-state index in [1.807, 2.05) is 0 Å². The number of aryl methyl sites for hydroxylation is 1. The molecule has 6 nitrogen and oxygen atoms in total. The number of nitrogens with zero attached hydrogens (tertiary/aromatic N) is 3. The minimum atomic E-state index is -5.06. The van der Waals surface area contributed by atoms with Gasteiger partial charge in [0, 0.05) is 51.2 Å². The zero-order chi connectivity index (χ0) is 32.1. The van der Waals surface area contributed by atoms with Gasteiger partial charge >= 0.3 is 12.4 Å². The summed E-state index contributed by atoms with van der Waals surface area (Å²) < 4.78 is 95.5. The van der Waals surface area contributed by atoms with Gasteiger partial charge in [-0.05, 0) is 74.2 Å². The Morgan fingerprint density at radius 3 is 2.00 bits per heavy atom. The largest absolute Gasteiger partial charge is 0.416 e. The molecule has 2 fully saturated rings. The molecule has 2 aliphatic rings. The number of aliphatic hydroxyl groups excluding tert-OH is 1. The molecule has 0 unspecified atom stereocenters. The molecule has 236 valence electrons. The lowest BCUT2D eigenvalue weighted by molar-refractivity contribution is -0.144. The van der Waals surface area contributed by atoms with Crippen molar-refractivity contribution in [1.82, 2.24) is 14.7 Å². The Kier molecular flexibility index (Phi) is 8.92. The summed E-state index contributed by atoms with van der Waals surface area (Å²) in [5.74, 6) is -1.86. The molecule has 1 N–H and O–H groups in total. The number of alkyl halides is 6. The quantitative estimate of drug-likeness (QED) is 0.466. The number of piperidine rings is 1. The molecule has 0 saturated carbocycles. The molecule has 43 heavy (non-hydrogen) atoms. The van der Waals surface area contributed by atoms with Crippen LogP contribution in [0, 0.1) is 12.7 Å². The fourth-order valence-corrected chi connectivity index (χ4v) is 6.14. The van der Waals surface area contributed by atoms with Gasteiger partial charge in [0.05, 0.1) is 16.5 Å². The number of halogens is 7. The van der Waals surface area contributed by atoms with E-state index < -0.39 is 58.8 Å². The zero-order valence-electron chi connectivity index (χ0n) is 24.2. The number of amides is 2. The molecule has 0 bridgehead atoms. The van der Waals surface area contributed by atoms with Crippen LogP contribution in [0.5, 0.6) is 0 Å². The molecular weight excluding hydrogens is 583 g/mol. The summed E-state index contributed by atoms with van der Waals surface area (Å²) in [5.41, 5.74) is -3.77. The SMILES string of the molecule is Cc1cc(F)ccc1[C@@H]1CN(C2CN(C(=O)CO)C2)CC[C@H]1N(C)C(=O)C(C)(C)c1cc(C(F)(F)F)cc(C(F)(F)F)c1. The van der Waals surface area contributed by atoms with E-state index in [2.05, 4.69) is 4.90 Å². The first-order chi connectivity index (χ1) is 19.8. The summed E-state index contributed by atoms with van der Waals surface area (Å²) in [6.07, 6.45) is -9.70. The third kappa shape index (κ3) is 6.67. The van der Waals surface area contributed by atoms with E-state index in [-0.39, 0.29) is 23.9 Å². The summed E-state index contributed by atoms with van der Waals surface area (Å²) in [7, 11) is 1.49. The minimum Gasteiger partial charge on any atom is -0.387 e. The van der Waals surface area contributed by atoms with Crippen molar-refractivity contribution in [2.45, 2.75) is 63.0 Å². The maximum atomic E-state index is 14.0. The Labute approximate surface area is 245 Å². The molecule has 0 aliphatic carbocycles. The number of hydrogen-bond donors (Lipinski definition) is 1. The standard InChI is InChI=1S/C30H34F7N3O3/c1-17-9-21(31)5-6-23(17)24-15-39(22-13-40(14-22)26(42)16-41)8-7-25(24)38(4)27(43)28(2,3)18-10-19(29(32,33)34)12-20(11-18)30(35,36)37/h5-6,9-12,22,24-25,41H,7-8,13-16H2,1-4H3/t24-,25+/m0/s1. The second-order valence-electron chi connectivity index (χ2n) is 11.9. The third-order valence-corrected chi connectivity index (χ3v) is 8.77. The first-order valence-corrected chi connectivity index (χ1v) is 13.8. The van der Waals surface area contributed by atoms with E-state index in [4.69, 9.17) is 5.11 Å². The summed E-state index contributed by atoms with van der Waals surface area (Å²) in [6.45, 7) is 5.50. The molecule has 0 spiro atoms. The highest BCUT2D eigenvalue weighted by Gasteiger charge is 2.45. The lowest BCUT2D eigenvalue weighted by Crippen LogP contribution is -2.64. The molecule has 2 heterocycles. The monoisotopic (exact) mass is 617 g/mol. The van der Waals surface area contributed by atoms with Gasteiger partial charge in [-0.3, -0.25) is 14.5 Å². The molecule has 2 saturated heterocycles. The normalized spacial score (nSPS) is 20.6. The van der Waals surface area contributed by atoms with Crippen molar-refractivity contribution in [1.29, 1.82) is 0 Å². The van der Waals surface area contributed by atoms with E-state index in [9.17, 15) is 40.3 Å². The minimum absolute atomic E-state index is 0.00282. The van der Waals surface area contributed by atoms with E-state index in [1.54, 1.807) is 13.0 Å². The zero-order valence-corrected chi connectivity index (χ0v) is 24.2. The number of benzene rings is 2. The summed E-state index contributed by atoms with van der Waals surface area (Å²) in [6, 6.07) is 4.99. The van der Waals surface area contributed by atoms with E-state index >= 15 is 0 Å². The highest BCUT2D eigenvalue weighted by molar-refractivity contribution is 5.87. The Morgan fingerprint density at radius 2 is 1.49 bits per heavy atom. The second kappa shape index (κ2) is 11.7. The van der Waals surface area contributed by atoms with Gasteiger partial charge in [0.15, 0.2) is 0 Å². The Balaban J connectivity index is 1.66. The van der Waals surface area contributed by atoms with Gasteiger partial charge in [-0.1, -0.05) is 6.07 Å². The fraction of sp³-hybridized carbons (Fsp3) is 0.533. The van der Waals surface area contributed by atoms with Crippen molar-refractivity contribution >= 4 is 11.8 Å². The lowest BCUT2D eigenvalue weighted by Gasteiger charge is -2.51. The van der Waals surface area contributed by atoms with Crippen LogP contribution < -0.4 is 0 Å². The molecule has 4 rings (SSSR count). The molecule has 2 aliphatic heterocycles. The molecule has 2 amide bonds. The lowest BCUT2D eigenvalue weighted by atomic mass is 9.78. The summed E-state index contributed by atoms with van der Waals surface area (Å²) >= 11 is 0. The van der Waals surface area contributed by atoms with Crippen LogP contribution in [-0.2, 0) is 27.4 Å². The van der Waals surface area contributed by atoms with Crippen molar-refractivity contribution in [3.63, 3.8) is 0 Å². The molecule has 2 aromatic rings. The van der Waals surface area contributed by atoms with Crippen LogP contribution in [0.3, 0.4) is 0 Å². The first kappa shape index (κ1) is 32.7. The van der Waals surface area contributed by atoms with Gasteiger partial charge in [-0.25, -0.2) is 4.39 Å². The Bertz CT molecular complexity index is 1340. The summed E-state index contributed by atoms with van der Waals surface area (Å²) in [5, 5.41) is 9.13. The highest BCUT2D eigenvalue weighted by atomic mass is 19.4. The fourth-order valence-electron chi connectivity index (χ4n) is 6.14. The van der Waals surface area contributed by atoms with Gasteiger partial charge in [-0.15, -0.1) is 0 Å².